The molecule has 0 unspecified atom stereocenters. The molecule has 0 bridgehead atoms. The average molecular weight is 435 g/mol. The third-order valence-corrected chi connectivity index (χ3v) is 5.76. The summed E-state index contributed by atoms with van der Waals surface area (Å²) in [6.07, 6.45) is 1.49. The first kappa shape index (κ1) is 20.7. The number of oxazole rings is 1. The highest BCUT2D eigenvalue weighted by atomic mass is 16.6. The van der Waals surface area contributed by atoms with Crippen molar-refractivity contribution in [1.82, 2.24) is 9.55 Å². The molecule has 1 aliphatic heterocycles. The lowest BCUT2D eigenvalue weighted by atomic mass is 10.1. The minimum atomic E-state index is -0.622. The standard InChI is InChI=1S/C25H28N3O4/c1-16-26-19-15-17(9-10-20(19)27(16)18-11-13-30-14-12-18)23-28(24(29)32-25(2,3)4)21-7-5-6-8-22(21)31-23/h5-10,15,18H,11-14H2,1-4H3/q+1. The van der Waals surface area contributed by atoms with Crippen LogP contribution in [0.15, 0.2) is 46.9 Å². The minimum absolute atomic E-state index is 0.387. The van der Waals surface area contributed by atoms with Crippen LogP contribution in [0.25, 0.3) is 33.6 Å². The third-order valence-electron chi connectivity index (χ3n) is 5.76. The zero-order chi connectivity index (χ0) is 22.5. The zero-order valence-electron chi connectivity index (χ0n) is 18.9. The van der Waals surface area contributed by atoms with Crippen LogP contribution in [0.5, 0.6) is 0 Å². The number of benzene rings is 2. The first-order valence-electron chi connectivity index (χ1n) is 11.1. The Kier molecular flexibility index (Phi) is 5.01. The molecule has 0 saturated carbocycles. The van der Waals surface area contributed by atoms with Gasteiger partial charge in [0.05, 0.1) is 16.6 Å². The first-order valence-corrected chi connectivity index (χ1v) is 11.1. The van der Waals surface area contributed by atoms with Crippen LogP contribution in [0.2, 0.25) is 0 Å². The van der Waals surface area contributed by atoms with Crippen LogP contribution in [0.1, 0.15) is 45.5 Å². The molecule has 0 aliphatic carbocycles. The Morgan fingerprint density at radius 1 is 1.16 bits per heavy atom. The number of aryl methyl sites for hydroxylation is 1. The largest absolute Gasteiger partial charge is 0.606 e. The second kappa shape index (κ2) is 7.74. The van der Waals surface area contributed by atoms with Crippen LogP contribution in [0.4, 0.5) is 4.79 Å². The number of carbonyl (C=O) groups excluding carboxylic acids is 1. The Bertz CT molecular complexity index is 1310. The number of fused-ring (bicyclic) bond motifs is 2. The van der Waals surface area contributed by atoms with E-state index < -0.39 is 11.7 Å². The van der Waals surface area contributed by atoms with Crippen molar-refractivity contribution in [1.29, 1.82) is 0 Å². The molecular formula is C25H28N3O4+. The molecule has 3 heterocycles. The fourth-order valence-corrected chi connectivity index (χ4v) is 4.42. The lowest BCUT2D eigenvalue weighted by Crippen LogP contribution is -2.47. The molecule has 2 aromatic carbocycles. The van der Waals surface area contributed by atoms with Crippen LogP contribution in [-0.2, 0) is 9.47 Å². The highest BCUT2D eigenvalue weighted by Gasteiger charge is 2.35. The lowest BCUT2D eigenvalue weighted by molar-refractivity contribution is -0.554. The normalized spacial score (nSPS) is 15.5. The van der Waals surface area contributed by atoms with E-state index in [9.17, 15) is 4.79 Å². The van der Waals surface area contributed by atoms with E-state index in [0.29, 0.717) is 23.0 Å². The van der Waals surface area contributed by atoms with Crippen molar-refractivity contribution in [3.63, 3.8) is 0 Å². The molecule has 0 radical (unpaired) electrons. The molecule has 7 heteroatoms. The highest BCUT2D eigenvalue weighted by Crippen LogP contribution is 2.31. The first-order chi connectivity index (χ1) is 15.3. The van der Waals surface area contributed by atoms with Crippen LogP contribution >= 0.6 is 0 Å². The number of ether oxygens (including phenoxy) is 2. The Morgan fingerprint density at radius 3 is 2.66 bits per heavy atom. The molecule has 4 aromatic rings. The van der Waals surface area contributed by atoms with Gasteiger partial charge in [-0.1, -0.05) is 12.1 Å². The summed E-state index contributed by atoms with van der Waals surface area (Å²) < 4.78 is 21.2. The molecule has 0 amide bonds. The number of hydrogen-bond donors (Lipinski definition) is 0. The number of aromatic nitrogens is 3. The predicted molar refractivity (Wildman–Crippen MR) is 121 cm³/mol. The number of carbonyl (C=O) groups is 1. The molecule has 0 spiro atoms. The van der Waals surface area contributed by atoms with E-state index in [2.05, 4.69) is 10.6 Å². The van der Waals surface area contributed by atoms with Crippen LogP contribution in [-0.4, -0.2) is 34.5 Å². The molecule has 0 N–H and O–H groups in total. The smallest absolute Gasteiger partial charge is 0.406 e. The molecule has 2 aromatic heterocycles. The number of rotatable bonds is 2. The molecule has 1 saturated heterocycles. The van der Waals surface area contributed by atoms with E-state index >= 15 is 0 Å². The van der Waals surface area contributed by atoms with E-state index in [-0.39, 0.29) is 0 Å². The molecule has 1 aliphatic rings. The van der Waals surface area contributed by atoms with Gasteiger partial charge in [0, 0.05) is 25.3 Å². The fourth-order valence-electron chi connectivity index (χ4n) is 4.42. The topological polar surface area (TPSA) is 70.4 Å². The maximum absolute atomic E-state index is 13.1. The Morgan fingerprint density at radius 2 is 1.91 bits per heavy atom. The lowest BCUT2D eigenvalue weighted by Gasteiger charge is -2.25. The van der Waals surface area contributed by atoms with Crippen LogP contribution in [0.3, 0.4) is 0 Å². The second-order valence-corrected chi connectivity index (χ2v) is 9.27. The third kappa shape index (κ3) is 3.66. The van der Waals surface area contributed by atoms with Gasteiger partial charge < -0.3 is 18.5 Å². The van der Waals surface area contributed by atoms with Gasteiger partial charge >= 0.3 is 12.0 Å². The van der Waals surface area contributed by atoms with Crippen molar-refractivity contribution in [3.05, 3.63) is 48.3 Å². The molecule has 1 fully saturated rings. The van der Waals surface area contributed by atoms with Crippen molar-refractivity contribution in [3.8, 4) is 11.5 Å². The number of nitrogens with zero attached hydrogens (tertiary/aromatic N) is 3. The van der Waals surface area contributed by atoms with Crippen LogP contribution in [0, 0.1) is 6.92 Å². The molecule has 7 nitrogen and oxygen atoms in total. The predicted octanol–water partition coefficient (Wildman–Crippen LogP) is 5.18. The van der Waals surface area contributed by atoms with Gasteiger partial charge in [0.1, 0.15) is 11.4 Å². The van der Waals surface area contributed by atoms with Gasteiger partial charge in [-0.15, -0.1) is 0 Å². The maximum atomic E-state index is 13.1. The fraction of sp³-hybridized carbons (Fsp3) is 0.400. The van der Waals surface area contributed by atoms with Crippen molar-refractivity contribution in [2.75, 3.05) is 13.2 Å². The van der Waals surface area contributed by atoms with Gasteiger partial charge in [-0.3, -0.25) is 0 Å². The van der Waals surface area contributed by atoms with Crippen molar-refractivity contribution in [2.24, 2.45) is 0 Å². The zero-order valence-corrected chi connectivity index (χ0v) is 18.9. The maximum Gasteiger partial charge on any atom is 0.606 e. The summed E-state index contributed by atoms with van der Waals surface area (Å²) >= 11 is 0. The monoisotopic (exact) mass is 434 g/mol. The molecule has 0 atom stereocenters. The van der Waals surface area contributed by atoms with E-state index in [1.54, 1.807) is 0 Å². The Balaban J connectivity index is 1.63. The number of para-hydroxylation sites is 2. The van der Waals surface area contributed by atoms with Gasteiger partial charge in [0.15, 0.2) is 0 Å². The number of imidazole rings is 1. The highest BCUT2D eigenvalue weighted by molar-refractivity contribution is 5.83. The Hall–Kier alpha value is -3.19. The van der Waals surface area contributed by atoms with E-state index in [1.807, 2.05) is 64.1 Å². The number of hydrogen-bond acceptors (Lipinski definition) is 5. The minimum Gasteiger partial charge on any atom is -0.406 e. The Labute approximate surface area is 186 Å². The van der Waals surface area contributed by atoms with E-state index in [4.69, 9.17) is 18.9 Å². The summed E-state index contributed by atoms with van der Waals surface area (Å²) in [5.41, 5.74) is 3.40. The summed E-state index contributed by atoms with van der Waals surface area (Å²) in [7, 11) is 0. The SMILES string of the molecule is Cc1nc2cc(-c3oc4ccccc4[n+]3C(=O)OC(C)(C)C)ccc2n1C1CCOCC1. The van der Waals surface area contributed by atoms with Gasteiger partial charge in [0.25, 0.3) is 5.52 Å². The quantitative estimate of drug-likeness (QED) is 0.407. The molecule has 32 heavy (non-hydrogen) atoms. The van der Waals surface area contributed by atoms with E-state index in [0.717, 1.165) is 48.5 Å². The second-order valence-electron chi connectivity index (χ2n) is 9.27. The summed E-state index contributed by atoms with van der Waals surface area (Å²) in [5.74, 6) is 1.41. The van der Waals surface area contributed by atoms with E-state index in [1.165, 1.54) is 4.57 Å². The van der Waals surface area contributed by atoms with Crippen molar-refractivity contribution >= 4 is 28.2 Å². The summed E-state index contributed by atoms with van der Waals surface area (Å²) in [5, 5.41) is 0. The van der Waals surface area contributed by atoms with Crippen molar-refractivity contribution < 1.29 is 23.3 Å². The summed E-state index contributed by atoms with van der Waals surface area (Å²) in [6, 6.07) is 13.9. The molecular weight excluding hydrogens is 406 g/mol. The van der Waals surface area contributed by atoms with Gasteiger partial charge in [-0.25, -0.2) is 4.98 Å². The van der Waals surface area contributed by atoms with Gasteiger partial charge in [-0.05, 0) is 69.4 Å². The van der Waals surface area contributed by atoms with Gasteiger partial charge in [-0.2, -0.15) is 4.79 Å². The molecule has 166 valence electrons. The average Bonchev–Trinajstić information content (AvgIpc) is 3.29. The molecule has 5 rings (SSSR count). The van der Waals surface area contributed by atoms with Crippen LogP contribution < -0.4 is 4.57 Å². The summed E-state index contributed by atoms with van der Waals surface area (Å²) in [4.78, 5) is 17.9. The van der Waals surface area contributed by atoms with Crippen molar-refractivity contribution in [2.45, 2.75) is 52.2 Å². The van der Waals surface area contributed by atoms with Gasteiger partial charge in [0.2, 0.25) is 5.58 Å². The summed E-state index contributed by atoms with van der Waals surface area (Å²) in [6.45, 7) is 9.15.